The Morgan fingerprint density at radius 2 is 2.25 bits per heavy atom. The van der Waals surface area contributed by atoms with Gasteiger partial charge in [-0.15, -0.1) is 0 Å². The Hall–Kier alpha value is -1.62. The maximum atomic E-state index is 4.54. The van der Waals surface area contributed by atoms with Crippen LogP contribution in [0.4, 0.5) is 0 Å². The molecule has 3 heterocycles. The maximum Gasteiger partial charge on any atom is 0.123 e. The molecule has 1 atom stereocenters. The molecule has 1 unspecified atom stereocenters. The molecule has 0 radical (unpaired) electrons. The van der Waals surface area contributed by atoms with Crippen molar-refractivity contribution in [2.24, 2.45) is 0 Å². The lowest BCUT2D eigenvalue weighted by Gasteiger charge is -2.22. The van der Waals surface area contributed by atoms with E-state index in [0.717, 1.165) is 36.8 Å². The van der Waals surface area contributed by atoms with Gasteiger partial charge in [0.1, 0.15) is 5.82 Å². The van der Waals surface area contributed by atoms with Gasteiger partial charge in [0.05, 0.1) is 11.7 Å². The van der Waals surface area contributed by atoms with Crippen molar-refractivity contribution in [2.45, 2.75) is 52.7 Å². The van der Waals surface area contributed by atoms with Crippen LogP contribution < -0.4 is 0 Å². The van der Waals surface area contributed by atoms with E-state index in [1.807, 2.05) is 10.9 Å². The summed E-state index contributed by atoms with van der Waals surface area (Å²) < 4.78 is 2.02. The quantitative estimate of drug-likeness (QED) is 0.931. The number of aromatic amines is 1. The summed E-state index contributed by atoms with van der Waals surface area (Å²) >= 11 is 0. The summed E-state index contributed by atoms with van der Waals surface area (Å²) in [5.74, 6) is 1.11. The van der Waals surface area contributed by atoms with Crippen LogP contribution in [0.1, 0.15) is 48.6 Å². The van der Waals surface area contributed by atoms with Crippen LogP contribution in [-0.4, -0.2) is 31.2 Å². The van der Waals surface area contributed by atoms with Gasteiger partial charge < -0.3 is 4.98 Å². The average Bonchev–Trinajstić information content (AvgIpc) is 3.11. The number of H-pyrrole nitrogens is 1. The van der Waals surface area contributed by atoms with Gasteiger partial charge in [-0.25, -0.2) is 4.98 Å². The highest BCUT2D eigenvalue weighted by molar-refractivity contribution is 5.16. The predicted octanol–water partition coefficient (Wildman–Crippen LogP) is 2.58. The van der Waals surface area contributed by atoms with Crippen LogP contribution in [0.2, 0.25) is 0 Å². The van der Waals surface area contributed by atoms with Gasteiger partial charge in [-0.3, -0.25) is 9.58 Å². The number of nitrogens with zero attached hydrogens (tertiary/aromatic N) is 4. The molecule has 2 aromatic heterocycles. The highest BCUT2D eigenvalue weighted by Crippen LogP contribution is 2.31. The van der Waals surface area contributed by atoms with Crippen LogP contribution in [0.25, 0.3) is 0 Å². The molecule has 108 valence electrons. The van der Waals surface area contributed by atoms with Crippen molar-refractivity contribution in [2.75, 3.05) is 6.54 Å². The Morgan fingerprint density at radius 3 is 2.90 bits per heavy atom. The van der Waals surface area contributed by atoms with E-state index in [-0.39, 0.29) is 0 Å². The Labute approximate surface area is 120 Å². The Morgan fingerprint density at radius 1 is 1.40 bits per heavy atom. The Kier molecular flexibility index (Phi) is 3.61. The fourth-order valence-electron chi connectivity index (χ4n) is 3.02. The molecule has 1 saturated heterocycles. The van der Waals surface area contributed by atoms with Gasteiger partial charge >= 0.3 is 0 Å². The van der Waals surface area contributed by atoms with E-state index in [2.05, 4.69) is 46.9 Å². The number of aromatic nitrogens is 4. The molecule has 20 heavy (non-hydrogen) atoms. The van der Waals surface area contributed by atoms with Crippen molar-refractivity contribution in [1.82, 2.24) is 24.6 Å². The van der Waals surface area contributed by atoms with Gasteiger partial charge in [-0.05, 0) is 40.2 Å². The molecule has 0 spiro atoms. The smallest absolute Gasteiger partial charge is 0.123 e. The first-order valence-electron chi connectivity index (χ1n) is 7.46. The van der Waals surface area contributed by atoms with Crippen molar-refractivity contribution in [3.8, 4) is 0 Å². The standard InChI is InChI=1S/C15H23N5/c1-4-20-10-13(12(3)18-20)9-19-7-5-6-14(19)15-16-8-11(2)17-15/h8,10,14H,4-7,9H2,1-3H3,(H,16,17). The Bertz CT molecular complexity index is 583. The van der Waals surface area contributed by atoms with Gasteiger partial charge in [0.15, 0.2) is 0 Å². The monoisotopic (exact) mass is 273 g/mol. The van der Waals surface area contributed by atoms with Gasteiger partial charge in [0.2, 0.25) is 0 Å². The molecule has 5 nitrogen and oxygen atoms in total. The van der Waals surface area contributed by atoms with Gasteiger partial charge in [-0.2, -0.15) is 5.10 Å². The second-order valence-corrected chi connectivity index (χ2v) is 5.68. The van der Waals surface area contributed by atoms with Crippen molar-refractivity contribution in [3.63, 3.8) is 0 Å². The number of imidazole rings is 1. The molecule has 0 saturated carbocycles. The largest absolute Gasteiger partial charge is 0.345 e. The van der Waals surface area contributed by atoms with E-state index in [4.69, 9.17) is 0 Å². The average molecular weight is 273 g/mol. The molecule has 0 aromatic carbocycles. The summed E-state index contributed by atoms with van der Waals surface area (Å²) in [7, 11) is 0. The molecule has 0 aliphatic carbocycles. The summed E-state index contributed by atoms with van der Waals surface area (Å²) in [6.07, 6.45) is 6.53. The summed E-state index contributed by atoms with van der Waals surface area (Å²) in [4.78, 5) is 10.4. The van der Waals surface area contributed by atoms with E-state index in [0.29, 0.717) is 6.04 Å². The fraction of sp³-hybridized carbons (Fsp3) is 0.600. The second kappa shape index (κ2) is 5.40. The first-order chi connectivity index (χ1) is 9.67. The lowest BCUT2D eigenvalue weighted by molar-refractivity contribution is 0.240. The molecule has 3 rings (SSSR count). The molecular formula is C15H23N5. The maximum absolute atomic E-state index is 4.54. The van der Waals surface area contributed by atoms with E-state index in [1.54, 1.807) is 0 Å². The first-order valence-corrected chi connectivity index (χ1v) is 7.46. The van der Waals surface area contributed by atoms with Crippen LogP contribution in [-0.2, 0) is 13.1 Å². The topological polar surface area (TPSA) is 49.7 Å². The van der Waals surface area contributed by atoms with Crippen LogP contribution in [0, 0.1) is 13.8 Å². The molecule has 1 aliphatic heterocycles. The van der Waals surface area contributed by atoms with Crippen molar-refractivity contribution in [3.05, 3.63) is 35.2 Å². The minimum Gasteiger partial charge on any atom is -0.345 e. The molecule has 1 aliphatic rings. The van der Waals surface area contributed by atoms with E-state index in [9.17, 15) is 0 Å². The zero-order valence-corrected chi connectivity index (χ0v) is 12.6. The molecule has 0 bridgehead atoms. The minimum atomic E-state index is 0.424. The third-order valence-corrected chi connectivity index (χ3v) is 4.15. The van der Waals surface area contributed by atoms with Gasteiger partial charge in [-0.1, -0.05) is 0 Å². The number of hydrogen-bond acceptors (Lipinski definition) is 3. The zero-order valence-electron chi connectivity index (χ0n) is 12.6. The third-order valence-electron chi connectivity index (χ3n) is 4.15. The summed E-state index contributed by atoms with van der Waals surface area (Å²) in [5.41, 5.74) is 3.62. The first kappa shape index (κ1) is 13.4. The molecule has 1 fully saturated rings. The number of likely N-dealkylation sites (tertiary alicyclic amines) is 1. The fourth-order valence-corrected chi connectivity index (χ4v) is 3.02. The third kappa shape index (κ3) is 2.50. The molecule has 5 heteroatoms. The lowest BCUT2D eigenvalue weighted by atomic mass is 10.2. The molecule has 2 aromatic rings. The zero-order chi connectivity index (χ0) is 14.1. The molecule has 1 N–H and O–H groups in total. The lowest BCUT2D eigenvalue weighted by Crippen LogP contribution is -2.23. The highest BCUT2D eigenvalue weighted by atomic mass is 15.3. The molecule has 0 amide bonds. The van der Waals surface area contributed by atoms with E-state index >= 15 is 0 Å². The van der Waals surface area contributed by atoms with Gasteiger partial charge in [0.25, 0.3) is 0 Å². The summed E-state index contributed by atoms with van der Waals surface area (Å²) in [6, 6.07) is 0.424. The summed E-state index contributed by atoms with van der Waals surface area (Å²) in [6.45, 7) is 9.33. The van der Waals surface area contributed by atoms with Crippen LogP contribution in [0.3, 0.4) is 0 Å². The second-order valence-electron chi connectivity index (χ2n) is 5.68. The van der Waals surface area contributed by atoms with Crippen LogP contribution >= 0.6 is 0 Å². The number of aryl methyl sites for hydroxylation is 3. The Balaban J connectivity index is 1.77. The van der Waals surface area contributed by atoms with E-state index in [1.165, 1.54) is 18.4 Å². The predicted molar refractivity (Wildman–Crippen MR) is 78.3 cm³/mol. The number of rotatable bonds is 4. The SMILES string of the molecule is CCn1cc(CN2CCCC2c2ncc(C)[nH]2)c(C)n1. The number of nitrogens with one attached hydrogen (secondary N) is 1. The van der Waals surface area contributed by atoms with Crippen molar-refractivity contribution >= 4 is 0 Å². The summed E-state index contributed by atoms with van der Waals surface area (Å²) in [5, 5.41) is 4.54. The number of hydrogen-bond donors (Lipinski definition) is 1. The minimum absolute atomic E-state index is 0.424. The molecular weight excluding hydrogens is 250 g/mol. The normalized spacial score (nSPS) is 19.9. The van der Waals surface area contributed by atoms with Crippen LogP contribution in [0.5, 0.6) is 0 Å². The van der Waals surface area contributed by atoms with Gasteiger partial charge in [0, 0.05) is 36.7 Å². The van der Waals surface area contributed by atoms with Crippen LogP contribution in [0.15, 0.2) is 12.4 Å². The van der Waals surface area contributed by atoms with Crippen molar-refractivity contribution < 1.29 is 0 Å². The van der Waals surface area contributed by atoms with E-state index < -0.39 is 0 Å². The highest BCUT2D eigenvalue weighted by Gasteiger charge is 2.28. The van der Waals surface area contributed by atoms with Crippen molar-refractivity contribution in [1.29, 1.82) is 0 Å².